The molecule has 6 nitrogen and oxygen atoms in total. The summed E-state index contributed by atoms with van der Waals surface area (Å²) in [5, 5.41) is 6.99. The van der Waals surface area contributed by atoms with Crippen LogP contribution in [0.15, 0.2) is 22.7 Å². The molecule has 1 saturated carbocycles. The molecule has 0 bridgehead atoms. The second-order valence-corrected chi connectivity index (χ2v) is 7.23. The Morgan fingerprint density at radius 3 is 2.58 bits per heavy atom. The van der Waals surface area contributed by atoms with E-state index in [0.29, 0.717) is 36.8 Å². The zero-order valence-electron chi connectivity index (χ0n) is 15.3. The summed E-state index contributed by atoms with van der Waals surface area (Å²) in [5.74, 6) is 2.04. The number of carbonyl (C=O) groups is 1. The summed E-state index contributed by atoms with van der Waals surface area (Å²) in [4.78, 5) is 12.7. The first-order valence-corrected chi connectivity index (χ1v) is 9.20. The normalized spacial score (nSPS) is 17.9. The fourth-order valence-electron chi connectivity index (χ4n) is 4.14. The van der Waals surface area contributed by atoms with E-state index in [1.165, 1.54) is 5.56 Å². The van der Waals surface area contributed by atoms with Crippen LogP contribution in [0.5, 0.6) is 11.5 Å². The van der Waals surface area contributed by atoms with Crippen LogP contribution in [0.3, 0.4) is 0 Å². The molecule has 0 saturated heterocycles. The van der Waals surface area contributed by atoms with Crippen molar-refractivity contribution in [1.29, 1.82) is 0 Å². The van der Waals surface area contributed by atoms with E-state index in [0.717, 1.165) is 37.2 Å². The molecule has 26 heavy (non-hydrogen) atoms. The molecular formula is C20H24N2O4. The Morgan fingerprint density at radius 1 is 1.15 bits per heavy atom. The summed E-state index contributed by atoms with van der Waals surface area (Å²) >= 11 is 0. The summed E-state index contributed by atoms with van der Waals surface area (Å²) < 4.78 is 16.5. The Bertz CT molecular complexity index is 802. The Balaban J connectivity index is 1.56. The van der Waals surface area contributed by atoms with Crippen molar-refractivity contribution in [3.05, 3.63) is 40.8 Å². The topological polar surface area (TPSA) is 73.6 Å². The van der Waals surface area contributed by atoms with Crippen molar-refractivity contribution in [3.63, 3.8) is 0 Å². The second-order valence-electron chi connectivity index (χ2n) is 7.23. The third-order valence-electron chi connectivity index (χ3n) is 5.56. The van der Waals surface area contributed by atoms with Crippen LogP contribution >= 0.6 is 0 Å². The number of hydrogen-bond acceptors (Lipinski definition) is 5. The highest BCUT2D eigenvalue weighted by Gasteiger charge is 2.37. The van der Waals surface area contributed by atoms with Crippen LogP contribution < -0.4 is 14.8 Å². The lowest BCUT2D eigenvalue weighted by Gasteiger charge is -2.31. The predicted octanol–water partition coefficient (Wildman–Crippen LogP) is 3.30. The van der Waals surface area contributed by atoms with Crippen molar-refractivity contribution >= 4 is 5.91 Å². The Hall–Kier alpha value is -2.50. The number of hydrogen-bond donors (Lipinski definition) is 1. The molecule has 0 unspecified atom stereocenters. The van der Waals surface area contributed by atoms with Gasteiger partial charge in [-0.3, -0.25) is 4.79 Å². The summed E-state index contributed by atoms with van der Waals surface area (Å²) in [6.45, 7) is 5.31. The zero-order valence-corrected chi connectivity index (χ0v) is 15.3. The van der Waals surface area contributed by atoms with Gasteiger partial charge in [0.25, 0.3) is 5.91 Å². The molecule has 2 aliphatic rings. The third-order valence-corrected chi connectivity index (χ3v) is 5.56. The van der Waals surface area contributed by atoms with Gasteiger partial charge in [0, 0.05) is 12.0 Å². The molecule has 0 atom stereocenters. The number of carbonyl (C=O) groups excluding carboxylic acids is 1. The molecule has 1 fully saturated rings. The fraction of sp³-hybridized carbons (Fsp3) is 0.500. The van der Waals surface area contributed by atoms with Gasteiger partial charge in [0.2, 0.25) is 0 Å². The van der Waals surface area contributed by atoms with Crippen LogP contribution in [0.4, 0.5) is 0 Å². The summed E-state index contributed by atoms with van der Waals surface area (Å²) in [6, 6.07) is 6.18. The van der Waals surface area contributed by atoms with Gasteiger partial charge in [0.15, 0.2) is 11.5 Å². The monoisotopic (exact) mass is 356 g/mol. The average Bonchev–Trinajstić information content (AvgIpc) is 3.27. The second kappa shape index (κ2) is 6.67. The maximum Gasteiger partial charge on any atom is 0.256 e. The van der Waals surface area contributed by atoms with E-state index in [-0.39, 0.29) is 11.3 Å². The van der Waals surface area contributed by atoms with Crippen LogP contribution in [0, 0.1) is 13.8 Å². The van der Waals surface area contributed by atoms with Crippen LogP contribution in [0.1, 0.15) is 53.1 Å². The number of benzene rings is 1. The van der Waals surface area contributed by atoms with Gasteiger partial charge < -0.3 is 19.3 Å². The number of fused-ring (bicyclic) bond motifs is 1. The summed E-state index contributed by atoms with van der Waals surface area (Å²) in [6.07, 6.45) is 4.42. The number of aryl methyl sites for hydroxylation is 2. The maximum atomic E-state index is 12.7. The van der Waals surface area contributed by atoms with Gasteiger partial charge in [-0.2, -0.15) is 0 Å². The highest BCUT2D eigenvalue weighted by Crippen LogP contribution is 2.43. The SMILES string of the molecule is Cc1noc(C)c1C(=O)NCC1(c2ccc3c(c2)OCCO3)CCCC1. The molecule has 4 rings (SSSR count). The number of rotatable bonds is 4. The minimum atomic E-state index is -0.120. The molecule has 6 heteroatoms. The predicted molar refractivity (Wildman–Crippen MR) is 95.9 cm³/mol. The van der Waals surface area contributed by atoms with Crippen molar-refractivity contribution < 1.29 is 18.8 Å². The molecule has 1 aliphatic carbocycles. The van der Waals surface area contributed by atoms with E-state index in [1.807, 2.05) is 6.07 Å². The molecule has 0 spiro atoms. The first kappa shape index (κ1) is 16.9. The van der Waals surface area contributed by atoms with E-state index in [1.54, 1.807) is 13.8 Å². The van der Waals surface area contributed by atoms with E-state index in [9.17, 15) is 4.79 Å². The summed E-state index contributed by atoms with van der Waals surface area (Å²) in [7, 11) is 0. The van der Waals surface area contributed by atoms with Crippen molar-refractivity contribution in [2.75, 3.05) is 19.8 Å². The molecule has 0 radical (unpaired) electrons. The van der Waals surface area contributed by atoms with Gasteiger partial charge in [-0.1, -0.05) is 24.1 Å². The third kappa shape index (κ3) is 2.93. The lowest BCUT2D eigenvalue weighted by molar-refractivity contribution is 0.0941. The minimum Gasteiger partial charge on any atom is -0.486 e. The Labute approximate surface area is 152 Å². The lowest BCUT2D eigenvalue weighted by atomic mass is 9.78. The average molecular weight is 356 g/mol. The standard InChI is InChI=1S/C20H24N2O4/c1-13-18(14(2)26-22-13)19(23)21-12-20(7-3-4-8-20)15-5-6-16-17(11-15)25-10-9-24-16/h5-6,11H,3-4,7-10,12H2,1-2H3,(H,21,23). The summed E-state index contributed by atoms with van der Waals surface area (Å²) in [5.41, 5.74) is 2.31. The van der Waals surface area contributed by atoms with E-state index >= 15 is 0 Å². The first-order chi connectivity index (χ1) is 12.6. The van der Waals surface area contributed by atoms with Crippen molar-refractivity contribution in [2.45, 2.75) is 44.9 Å². The Kier molecular flexibility index (Phi) is 4.34. The molecular weight excluding hydrogens is 332 g/mol. The van der Waals surface area contributed by atoms with Crippen LogP contribution in [-0.2, 0) is 5.41 Å². The van der Waals surface area contributed by atoms with Crippen LogP contribution in [0.2, 0.25) is 0 Å². The van der Waals surface area contributed by atoms with E-state index in [2.05, 4.69) is 22.6 Å². The van der Waals surface area contributed by atoms with Crippen LogP contribution in [-0.4, -0.2) is 30.8 Å². The van der Waals surface area contributed by atoms with Gasteiger partial charge in [0.05, 0.1) is 5.69 Å². The fourth-order valence-corrected chi connectivity index (χ4v) is 4.14. The van der Waals surface area contributed by atoms with E-state index < -0.39 is 0 Å². The van der Waals surface area contributed by atoms with Crippen molar-refractivity contribution in [3.8, 4) is 11.5 Å². The number of ether oxygens (including phenoxy) is 2. The molecule has 2 aromatic rings. The van der Waals surface area contributed by atoms with Crippen molar-refractivity contribution in [2.24, 2.45) is 0 Å². The molecule has 1 aromatic carbocycles. The molecule has 1 amide bonds. The highest BCUT2D eigenvalue weighted by atomic mass is 16.6. The van der Waals surface area contributed by atoms with Gasteiger partial charge in [0.1, 0.15) is 24.5 Å². The molecule has 1 aliphatic heterocycles. The minimum absolute atomic E-state index is 0.0650. The van der Waals surface area contributed by atoms with E-state index in [4.69, 9.17) is 14.0 Å². The maximum absolute atomic E-state index is 12.7. The highest BCUT2D eigenvalue weighted by molar-refractivity contribution is 5.96. The first-order valence-electron chi connectivity index (χ1n) is 9.20. The smallest absolute Gasteiger partial charge is 0.256 e. The lowest BCUT2D eigenvalue weighted by Crippen LogP contribution is -2.39. The Morgan fingerprint density at radius 2 is 1.88 bits per heavy atom. The van der Waals surface area contributed by atoms with Gasteiger partial charge in [-0.25, -0.2) is 0 Å². The van der Waals surface area contributed by atoms with Gasteiger partial charge >= 0.3 is 0 Å². The molecule has 2 heterocycles. The number of nitrogens with zero attached hydrogens (tertiary/aromatic N) is 1. The molecule has 138 valence electrons. The van der Waals surface area contributed by atoms with Gasteiger partial charge in [-0.15, -0.1) is 0 Å². The quantitative estimate of drug-likeness (QED) is 0.910. The van der Waals surface area contributed by atoms with Crippen LogP contribution in [0.25, 0.3) is 0 Å². The molecule has 1 aromatic heterocycles. The number of aromatic nitrogens is 1. The number of nitrogens with one attached hydrogen (secondary N) is 1. The number of amides is 1. The zero-order chi connectivity index (χ0) is 18.1. The molecule has 1 N–H and O–H groups in total. The van der Waals surface area contributed by atoms with Crippen molar-refractivity contribution in [1.82, 2.24) is 10.5 Å². The largest absolute Gasteiger partial charge is 0.486 e. The van der Waals surface area contributed by atoms with Gasteiger partial charge in [-0.05, 0) is 44.4 Å².